The molecule has 0 bridgehead atoms. The Morgan fingerprint density at radius 2 is 2.04 bits per heavy atom. The zero-order chi connectivity index (χ0) is 18.6. The number of aryl methyl sites for hydroxylation is 1. The van der Waals surface area contributed by atoms with Crippen molar-refractivity contribution in [3.8, 4) is 5.88 Å². The van der Waals surface area contributed by atoms with Crippen LogP contribution < -0.4 is 10.1 Å². The number of nitrogens with one attached hydrogen (secondary N) is 1. The van der Waals surface area contributed by atoms with Gasteiger partial charge in [0, 0.05) is 0 Å². The molecular weight excluding hydrogens is 324 g/mol. The average molecular weight is 346 g/mol. The maximum atomic E-state index is 12.5. The summed E-state index contributed by atoms with van der Waals surface area (Å²) in [6.07, 6.45) is 1.93. The fourth-order valence-corrected chi connectivity index (χ4v) is 2.47. The first-order valence-electron chi connectivity index (χ1n) is 8.01. The lowest BCUT2D eigenvalue weighted by atomic mass is 10.0. The number of nitro groups is 1. The highest BCUT2D eigenvalue weighted by atomic mass is 16.6. The van der Waals surface area contributed by atoms with Gasteiger partial charge in [-0.15, -0.1) is 5.10 Å². The topological polar surface area (TPSA) is 99.3 Å². The Bertz CT molecular complexity index is 755. The second kappa shape index (κ2) is 7.78. The Balaban J connectivity index is 2.16. The van der Waals surface area contributed by atoms with E-state index in [1.165, 1.54) is 18.0 Å². The molecule has 2 aromatic rings. The van der Waals surface area contributed by atoms with Crippen molar-refractivity contribution in [2.24, 2.45) is 0 Å². The van der Waals surface area contributed by atoms with Crippen molar-refractivity contribution >= 4 is 11.6 Å². The quantitative estimate of drug-likeness (QED) is 0.614. The van der Waals surface area contributed by atoms with E-state index in [-0.39, 0.29) is 23.5 Å². The number of amides is 1. The molecule has 2 unspecified atom stereocenters. The van der Waals surface area contributed by atoms with Crippen molar-refractivity contribution in [1.82, 2.24) is 15.1 Å². The van der Waals surface area contributed by atoms with Crippen LogP contribution in [0.2, 0.25) is 0 Å². The number of aromatic nitrogens is 2. The molecule has 2 atom stereocenters. The standard InChI is InChI=1S/C17H22N4O4/c1-5-14(13-8-6-11(2)7-9-13)18-16(22)12(3)20-10-15(21(23)24)17(19-20)25-4/h6-10,12,14H,5H2,1-4H3,(H,18,22). The van der Waals surface area contributed by atoms with Gasteiger partial charge in [0.05, 0.1) is 18.1 Å². The molecule has 0 saturated heterocycles. The summed E-state index contributed by atoms with van der Waals surface area (Å²) in [5.41, 5.74) is 1.89. The van der Waals surface area contributed by atoms with Gasteiger partial charge in [0.2, 0.25) is 5.91 Å². The van der Waals surface area contributed by atoms with Crippen LogP contribution >= 0.6 is 0 Å². The normalized spacial score (nSPS) is 13.1. The van der Waals surface area contributed by atoms with E-state index < -0.39 is 11.0 Å². The van der Waals surface area contributed by atoms with Crippen LogP contribution in [0.3, 0.4) is 0 Å². The number of hydrogen-bond acceptors (Lipinski definition) is 5. The summed E-state index contributed by atoms with van der Waals surface area (Å²) < 4.78 is 6.14. The van der Waals surface area contributed by atoms with Crippen LogP contribution in [-0.2, 0) is 4.79 Å². The SMILES string of the molecule is CCC(NC(=O)C(C)n1cc([N+](=O)[O-])c(OC)n1)c1ccc(C)cc1. The molecule has 134 valence electrons. The fraction of sp³-hybridized carbons (Fsp3) is 0.412. The third kappa shape index (κ3) is 4.14. The molecule has 25 heavy (non-hydrogen) atoms. The number of methoxy groups -OCH3 is 1. The summed E-state index contributed by atoms with van der Waals surface area (Å²) in [5.74, 6) is -0.386. The van der Waals surface area contributed by atoms with Gasteiger partial charge in [-0.3, -0.25) is 14.9 Å². The minimum absolute atomic E-state index is 0.116. The van der Waals surface area contributed by atoms with Gasteiger partial charge in [-0.2, -0.15) is 0 Å². The lowest BCUT2D eigenvalue weighted by Gasteiger charge is -2.20. The minimum Gasteiger partial charge on any atom is -0.475 e. The van der Waals surface area contributed by atoms with E-state index >= 15 is 0 Å². The second-order valence-electron chi connectivity index (χ2n) is 5.82. The molecule has 1 aromatic carbocycles. The van der Waals surface area contributed by atoms with Gasteiger partial charge in [0.25, 0.3) is 0 Å². The van der Waals surface area contributed by atoms with Crippen LogP contribution in [0.5, 0.6) is 5.88 Å². The Morgan fingerprint density at radius 1 is 1.40 bits per heavy atom. The van der Waals surface area contributed by atoms with Gasteiger partial charge in [0.1, 0.15) is 12.2 Å². The summed E-state index contributed by atoms with van der Waals surface area (Å²) in [6.45, 7) is 5.62. The Labute approximate surface area is 145 Å². The summed E-state index contributed by atoms with van der Waals surface area (Å²) in [7, 11) is 1.30. The number of rotatable bonds is 7. The summed E-state index contributed by atoms with van der Waals surface area (Å²) in [5, 5.41) is 17.9. The van der Waals surface area contributed by atoms with E-state index in [4.69, 9.17) is 4.74 Å². The van der Waals surface area contributed by atoms with Crippen LogP contribution in [0, 0.1) is 17.0 Å². The minimum atomic E-state index is -0.706. The first kappa shape index (κ1) is 18.4. The largest absolute Gasteiger partial charge is 0.475 e. The highest BCUT2D eigenvalue weighted by molar-refractivity contribution is 5.80. The lowest BCUT2D eigenvalue weighted by molar-refractivity contribution is -0.385. The molecule has 1 amide bonds. The maximum Gasteiger partial charge on any atom is 0.350 e. The molecule has 0 radical (unpaired) electrons. The number of carbonyl (C=O) groups is 1. The molecule has 8 nitrogen and oxygen atoms in total. The molecule has 0 spiro atoms. The first-order chi connectivity index (χ1) is 11.9. The average Bonchev–Trinajstić information content (AvgIpc) is 3.04. The Morgan fingerprint density at radius 3 is 2.52 bits per heavy atom. The van der Waals surface area contributed by atoms with Crippen molar-refractivity contribution < 1.29 is 14.5 Å². The predicted molar refractivity (Wildman–Crippen MR) is 92.5 cm³/mol. The molecule has 0 aliphatic heterocycles. The van der Waals surface area contributed by atoms with Crippen molar-refractivity contribution in [2.75, 3.05) is 7.11 Å². The zero-order valence-electron chi connectivity index (χ0n) is 14.7. The van der Waals surface area contributed by atoms with Crippen LogP contribution in [0.25, 0.3) is 0 Å². The molecule has 0 saturated carbocycles. The van der Waals surface area contributed by atoms with E-state index in [0.717, 1.165) is 17.5 Å². The van der Waals surface area contributed by atoms with Gasteiger partial charge in [0.15, 0.2) is 0 Å². The van der Waals surface area contributed by atoms with Crippen molar-refractivity contribution in [3.05, 3.63) is 51.7 Å². The van der Waals surface area contributed by atoms with E-state index in [1.807, 2.05) is 38.1 Å². The first-order valence-corrected chi connectivity index (χ1v) is 8.01. The molecule has 0 aliphatic carbocycles. The van der Waals surface area contributed by atoms with Crippen molar-refractivity contribution in [3.63, 3.8) is 0 Å². The van der Waals surface area contributed by atoms with E-state index in [2.05, 4.69) is 10.4 Å². The summed E-state index contributed by atoms with van der Waals surface area (Å²) in [6, 6.07) is 7.11. The molecule has 0 fully saturated rings. The van der Waals surface area contributed by atoms with Gasteiger partial charge in [-0.05, 0) is 25.8 Å². The highest BCUT2D eigenvalue weighted by Crippen LogP contribution is 2.26. The Kier molecular flexibility index (Phi) is 5.74. The number of hydrogen-bond donors (Lipinski definition) is 1. The van der Waals surface area contributed by atoms with Crippen LogP contribution in [-0.4, -0.2) is 27.7 Å². The molecular formula is C17H22N4O4. The molecule has 1 aromatic heterocycles. The number of carbonyl (C=O) groups excluding carboxylic acids is 1. The smallest absolute Gasteiger partial charge is 0.350 e. The van der Waals surface area contributed by atoms with E-state index in [1.54, 1.807) is 6.92 Å². The molecule has 1 heterocycles. The van der Waals surface area contributed by atoms with Gasteiger partial charge >= 0.3 is 11.6 Å². The third-order valence-corrected chi connectivity index (χ3v) is 4.05. The maximum absolute atomic E-state index is 12.5. The van der Waals surface area contributed by atoms with Crippen LogP contribution in [0.4, 0.5) is 5.69 Å². The van der Waals surface area contributed by atoms with Crippen molar-refractivity contribution in [1.29, 1.82) is 0 Å². The number of benzene rings is 1. The van der Waals surface area contributed by atoms with Crippen LogP contribution in [0.15, 0.2) is 30.5 Å². The molecule has 2 rings (SSSR count). The molecule has 0 aliphatic rings. The predicted octanol–water partition coefficient (Wildman–Crippen LogP) is 2.94. The second-order valence-corrected chi connectivity index (χ2v) is 5.82. The number of ether oxygens (including phenoxy) is 1. The summed E-state index contributed by atoms with van der Waals surface area (Å²) in [4.78, 5) is 23.0. The zero-order valence-corrected chi connectivity index (χ0v) is 14.7. The van der Waals surface area contributed by atoms with Crippen molar-refractivity contribution in [2.45, 2.75) is 39.3 Å². The fourth-order valence-electron chi connectivity index (χ4n) is 2.47. The van der Waals surface area contributed by atoms with Gasteiger partial charge in [-0.1, -0.05) is 36.8 Å². The van der Waals surface area contributed by atoms with Crippen LogP contribution in [0.1, 0.15) is 43.5 Å². The van der Waals surface area contributed by atoms with E-state index in [0.29, 0.717) is 0 Å². The van der Waals surface area contributed by atoms with Gasteiger partial charge < -0.3 is 10.1 Å². The third-order valence-electron chi connectivity index (χ3n) is 4.05. The van der Waals surface area contributed by atoms with Gasteiger partial charge in [-0.25, -0.2) is 4.68 Å². The molecule has 1 N–H and O–H groups in total. The van der Waals surface area contributed by atoms with E-state index in [9.17, 15) is 14.9 Å². The number of nitrogens with zero attached hydrogens (tertiary/aromatic N) is 3. The molecule has 8 heteroatoms. The summed E-state index contributed by atoms with van der Waals surface area (Å²) >= 11 is 0. The highest BCUT2D eigenvalue weighted by Gasteiger charge is 2.26. The lowest BCUT2D eigenvalue weighted by Crippen LogP contribution is -2.34. The monoisotopic (exact) mass is 346 g/mol. The Hall–Kier alpha value is -2.90.